The monoisotopic (exact) mass is 277 g/mol. The summed E-state index contributed by atoms with van der Waals surface area (Å²) in [5.74, 6) is -0.679. The number of aromatic nitrogens is 1. The Hall–Kier alpha value is -2.02. The number of esters is 1. The molecule has 5 nitrogen and oxygen atoms in total. The number of nitrogens with zero attached hydrogens (tertiary/aromatic N) is 1. The zero-order chi connectivity index (χ0) is 14.0. The Morgan fingerprint density at radius 2 is 1.84 bits per heavy atom. The van der Waals surface area contributed by atoms with Crippen molar-refractivity contribution < 1.29 is 17.9 Å². The van der Waals surface area contributed by atoms with Crippen molar-refractivity contribution in [1.29, 1.82) is 0 Å². The van der Waals surface area contributed by atoms with Gasteiger partial charge in [-0.05, 0) is 18.2 Å². The highest BCUT2D eigenvalue weighted by molar-refractivity contribution is 7.90. The molecular weight excluding hydrogens is 265 g/mol. The number of carbonyl (C=O) groups excluding carboxylic acids is 1. The van der Waals surface area contributed by atoms with Gasteiger partial charge in [0, 0.05) is 6.20 Å². The fourth-order valence-corrected chi connectivity index (χ4v) is 3.17. The van der Waals surface area contributed by atoms with Crippen LogP contribution in [-0.4, -0.2) is 33.3 Å². The summed E-state index contributed by atoms with van der Waals surface area (Å²) in [6.45, 7) is 0. The minimum atomic E-state index is -3.79. The quantitative estimate of drug-likeness (QED) is 0.574. The average molecular weight is 277 g/mol. The summed E-state index contributed by atoms with van der Waals surface area (Å²) in [6, 6.07) is 9.49. The van der Waals surface area contributed by atoms with Gasteiger partial charge in [0.25, 0.3) is 10.0 Å². The van der Waals surface area contributed by atoms with Gasteiger partial charge in [0.2, 0.25) is 0 Å². The van der Waals surface area contributed by atoms with E-state index in [9.17, 15) is 13.2 Å². The van der Waals surface area contributed by atoms with Gasteiger partial charge in [-0.3, -0.25) is 0 Å². The van der Waals surface area contributed by atoms with E-state index >= 15 is 0 Å². The number of hydrogen-bond donors (Lipinski definition) is 0. The number of rotatable bonds is 3. The smallest absolute Gasteiger partial charge is 0.355 e. The van der Waals surface area contributed by atoms with Crippen LogP contribution in [0.1, 0.15) is 10.5 Å². The number of hydrogen-bond acceptors (Lipinski definition) is 4. The predicted molar refractivity (Wildman–Crippen MR) is 73.0 cm³/mol. The first kappa shape index (κ1) is 13.4. The summed E-state index contributed by atoms with van der Waals surface area (Å²) < 4.78 is 30.5. The maximum absolute atomic E-state index is 12.4. The van der Waals surface area contributed by atoms with Gasteiger partial charge in [-0.1, -0.05) is 23.7 Å². The third-order valence-electron chi connectivity index (χ3n) is 2.73. The maximum atomic E-state index is 12.4. The van der Waals surface area contributed by atoms with Crippen LogP contribution in [0.15, 0.2) is 47.5 Å². The molecule has 0 aliphatic rings. The van der Waals surface area contributed by atoms with E-state index in [-0.39, 0.29) is 10.6 Å². The van der Waals surface area contributed by atoms with Crippen molar-refractivity contribution in [1.82, 2.24) is 3.97 Å². The second kappa shape index (κ2) is 4.93. The summed E-state index contributed by atoms with van der Waals surface area (Å²) in [6.07, 6.45) is 1.35. The zero-order valence-corrected chi connectivity index (χ0v) is 11.3. The molecule has 1 aromatic carbocycles. The lowest BCUT2D eigenvalue weighted by atomic mass is 9.97. The van der Waals surface area contributed by atoms with Crippen molar-refractivity contribution >= 4 is 29.3 Å². The van der Waals surface area contributed by atoms with E-state index in [1.54, 1.807) is 32.1 Å². The second-order valence-corrected chi connectivity index (χ2v) is 5.77. The third kappa shape index (κ3) is 2.29. The molecule has 0 N–H and O–H groups in total. The Morgan fingerprint density at radius 3 is 2.42 bits per heavy atom. The molecule has 0 atom stereocenters. The molecule has 1 heterocycles. The Kier molecular flexibility index (Phi) is 3.48. The van der Waals surface area contributed by atoms with Crippen molar-refractivity contribution in [3.63, 3.8) is 0 Å². The Morgan fingerprint density at radius 1 is 1.21 bits per heavy atom. The minimum Gasteiger partial charge on any atom is -0.464 e. The van der Waals surface area contributed by atoms with E-state index < -0.39 is 16.0 Å². The van der Waals surface area contributed by atoms with Crippen LogP contribution in [0.3, 0.4) is 0 Å². The summed E-state index contributed by atoms with van der Waals surface area (Å²) in [5, 5.41) is 0. The topological polar surface area (TPSA) is 65.4 Å². The fraction of sp³-hybridized carbons (Fsp3) is 0.0833. The van der Waals surface area contributed by atoms with Gasteiger partial charge >= 0.3 is 5.97 Å². The summed E-state index contributed by atoms with van der Waals surface area (Å²) in [4.78, 5) is 11.8. The largest absolute Gasteiger partial charge is 0.464 e. The van der Waals surface area contributed by atoms with Gasteiger partial charge in [-0.25, -0.2) is 17.2 Å². The molecule has 0 aliphatic carbocycles. The molecule has 7 heteroatoms. The van der Waals surface area contributed by atoms with Crippen LogP contribution in [0.2, 0.25) is 0 Å². The van der Waals surface area contributed by atoms with Crippen LogP contribution in [0.25, 0.3) is 0 Å². The average Bonchev–Trinajstić information content (AvgIpc) is 2.81. The summed E-state index contributed by atoms with van der Waals surface area (Å²) in [7, 11) is -0.916. The van der Waals surface area contributed by atoms with Crippen LogP contribution in [0.4, 0.5) is 0 Å². The second-order valence-electron chi connectivity index (χ2n) is 3.95. The van der Waals surface area contributed by atoms with Crippen LogP contribution in [0.5, 0.6) is 0 Å². The molecule has 98 valence electrons. The first-order chi connectivity index (χ1) is 8.98. The normalized spacial score (nSPS) is 11.2. The lowest BCUT2D eigenvalue weighted by Gasteiger charge is -2.10. The summed E-state index contributed by atoms with van der Waals surface area (Å²) in [5.41, 5.74) is 0.567. The highest BCUT2D eigenvalue weighted by Gasteiger charge is 2.24. The molecule has 0 aliphatic heterocycles. The van der Waals surface area contributed by atoms with Gasteiger partial charge in [-0.15, -0.1) is 0 Å². The molecule has 1 aromatic heterocycles. The van der Waals surface area contributed by atoms with Crippen LogP contribution in [-0.2, 0) is 14.8 Å². The summed E-state index contributed by atoms with van der Waals surface area (Å²) >= 11 is 0. The first-order valence-electron chi connectivity index (χ1n) is 5.55. The molecule has 0 spiro atoms. The van der Waals surface area contributed by atoms with E-state index in [0.717, 1.165) is 3.97 Å². The number of methoxy groups -OCH3 is 1. The van der Waals surface area contributed by atoms with E-state index in [2.05, 4.69) is 4.74 Å². The highest BCUT2D eigenvalue weighted by atomic mass is 32.2. The van der Waals surface area contributed by atoms with Crippen molar-refractivity contribution in [2.75, 3.05) is 7.11 Å². The zero-order valence-electron chi connectivity index (χ0n) is 10.5. The Bertz CT molecular complexity index is 707. The number of ether oxygens (including phenoxy) is 1. The molecule has 2 rings (SSSR count). The molecule has 2 aromatic rings. The van der Waals surface area contributed by atoms with E-state index in [1.807, 2.05) is 0 Å². The molecule has 0 bridgehead atoms. The highest BCUT2D eigenvalue weighted by Crippen LogP contribution is 2.15. The standard InChI is InChI=1S/C12H12BNO4S/c1-18-12(15)11-10(13)7-8-14(11)19(16,17)9-5-3-2-4-6-9/h2-8H,13H2,1H3. The van der Waals surface area contributed by atoms with Crippen molar-refractivity contribution in [2.24, 2.45) is 0 Å². The molecule has 19 heavy (non-hydrogen) atoms. The van der Waals surface area contributed by atoms with Crippen LogP contribution >= 0.6 is 0 Å². The number of benzene rings is 1. The SMILES string of the molecule is Bc1ccn(S(=O)(=O)c2ccccc2)c1C(=O)OC. The van der Waals surface area contributed by atoms with Crippen LogP contribution in [0, 0.1) is 0 Å². The van der Waals surface area contributed by atoms with E-state index in [0.29, 0.717) is 5.46 Å². The van der Waals surface area contributed by atoms with E-state index in [4.69, 9.17) is 0 Å². The maximum Gasteiger partial charge on any atom is 0.355 e. The van der Waals surface area contributed by atoms with Crippen molar-refractivity contribution in [3.05, 3.63) is 48.3 Å². The lowest BCUT2D eigenvalue weighted by Crippen LogP contribution is -2.24. The number of carbonyl (C=O) groups is 1. The van der Waals surface area contributed by atoms with Crippen molar-refractivity contribution in [2.45, 2.75) is 4.90 Å². The van der Waals surface area contributed by atoms with Gasteiger partial charge in [0.05, 0.1) is 12.0 Å². The van der Waals surface area contributed by atoms with Crippen LogP contribution < -0.4 is 5.46 Å². The Balaban J connectivity index is 2.63. The van der Waals surface area contributed by atoms with Gasteiger partial charge in [0.1, 0.15) is 13.5 Å². The van der Waals surface area contributed by atoms with Crippen molar-refractivity contribution in [3.8, 4) is 0 Å². The first-order valence-corrected chi connectivity index (χ1v) is 6.99. The molecule has 0 fully saturated rings. The minimum absolute atomic E-state index is 0.0198. The lowest BCUT2D eigenvalue weighted by molar-refractivity contribution is 0.0594. The molecule has 0 saturated heterocycles. The molecule has 0 unspecified atom stereocenters. The Labute approximate surface area is 112 Å². The molecule has 0 saturated carbocycles. The predicted octanol–water partition coefficient (Wildman–Crippen LogP) is -0.230. The fourth-order valence-electron chi connectivity index (χ4n) is 1.76. The van der Waals surface area contributed by atoms with Gasteiger partial charge < -0.3 is 4.74 Å². The molecule has 0 amide bonds. The van der Waals surface area contributed by atoms with Gasteiger partial charge in [0.15, 0.2) is 0 Å². The molecule has 0 radical (unpaired) electrons. The van der Waals surface area contributed by atoms with Gasteiger partial charge in [-0.2, -0.15) is 0 Å². The van der Waals surface area contributed by atoms with E-state index in [1.165, 1.54) is 25.4 Å². The third-order valence-corrected chi connectivity index (χ3v) is 4.42. The molecular formula is C12H12BNO4S.